The molecule has 2 heterocycles. The van der Waals surface area contributed by atoms with Crippen molar-refractivity contribution in [3.05, 3.63) is 29.8 Å². The van der Waals surface area contributed by atoms with E-state index in [1.54, 1.807) is 29.2 Å². The number of aliphatic carboxylic acids is 1. The molecule has 0 bridgehead atoms. The number of hydrogen-bond donors (Lipinski definition) is 1. The van der Waals surface area contributed by atoms with Crippen molar-refractivity contribution >= 4 is 27.6 Å². The Morgan fingerprint density at radius 1 is 1.17 bits per heavy atom. The maximum atomic E-state index is 12.9. The number of sulfonamides is 1. The van der Waals surface area contributed by atoms with E-state index in [0.717, 1.165) is 0 Å². The average molecular weight is 352 g/mol. The van der Waals surface area contributed by atoms with E-state index in [2.05, 4.69) is 0 Å². The van der Waals surface area contributed by atoms with Gasteiger partial charge in [-0.15, -0.1) is 0 Å². The zero-order valence-corrected chi connectivity index (χ0v) is 14.2. The van der Waals surface area contributed by atoms with Gasteiger partial charge in [0.2, 0.25) is 15.9 Å². The van der Waals surface area contributed by atoms with Crippen LogP contribution in [0.5, 0.6) is 0 Å². The van der Waals surface area contributed by atoms with E-state index in [4.69, 9.17) is 0 Å². The second-order valence-electron chi connectivity index (χ2n) is 6.33. The summed E-state index contributed by atoms with van der Waals surface area (Å²) < 4.78 is 24.5. The molecule has 2 aliphatic rings. The summed E-state index contributed by atoms with van der Waals surface area (Å²) in [7, 11) is -3.23. The predicted molar refractivity (Wildman–Crippen MR) is 88.3 cm³/mol. The molecule has 2 aliphatic heterocycles. The Balaban J connectivity index is 1.76. The highest BCUT2D eigenvalue weighted by Crippen LogP contribution is 2.38. The van der Waals surface area contributed by atoms with Crippen LogP contribution in [0.3, 0.4) is 0 Å². The molecule has 1 unspecified atom stereocenters. The maximum Gasteiger partial charge on any atom is 0.312 e. The first-order valence-corrected chi connectivity index (χ1v) is 9.72. The Kier molecular flexibility index (Phi) is 4.35. The van der Waals surface area contributed by atoms with Gasteiger partial charge in [0.25, 0.3) is 0 Å². The van der Waals surface area contributed by atoms with Gasteiger partial charge < -0.3 is 10.0 Å². The second kappa shape index (κ2) is 6.18. The van der Waals surface area contributed by atoms with Crippen LogP contribution in [-0.4, -0.2) is 55.6 Å². The van der Waals surface area contributed by atoms with Gasteiger partial charge in [0, 0.05) is 31.2 Å². The molecule has 24 heavy (non-hydrogen) atoms. The summed E-state index contributed by atoms with van der Waals surface area (Å²) in [6.45, 7) is 0.792. The van der Waals surface area contributed by atoms with Crippen molar-refractivity contribution < 1.29 is 23.1 Å². The van der Waals surface area contributed by atoms with E-state index in [9.17, 15) is 23.1 Å². The van der Waals surface area contributed by atoms with Crippen molar-refractivity contribution in [3.63, 3.8) is 0 Å². The van der Waals surface area contributed by atoms with Gasteiger partial charge in [0.15, 0.2) is 0 Å². The number of nitrogens with zero attached hydrogens (tertiary/aromatic N) is 2. The molecule has 1 saturated heterocycles. The smallest absolute Gasteiger partial charge is 0.312 e. The van der Waals surface area contributed by atoms with Crippen molar-refractivity contribution in [2.24, 2.45) is 5.92 Å². The van der Waals surface area contributed by atoms with Crippen molar-refractivity contribution in [2.45, 2.75) is 18.8 Å². The van der Waals surface area contributed by atoms with Crippen LogP contribution in [0.4, 0.5) is 5.69 Å². The zero-order chi connectivity index (χ0) is 17.5. The molecule has 3 rings (SSSR count). The van der Waals surface area contributed by atoms with Crippen LogP contribution < -0.4 is 4.90 Å². The fraction of sp³-hybridized carbons (Fsp3) is 0.500. The normalized spacial score (nSPS) is 22.4. The van der Waals surface area contributed by atoms with Gasteiger partial charge in [0.1, 0.15) is 5.92 Å². The number of carbonyl (C=O) groups is 2. The van der Waals surface area contributed by atoms with Crippen LogP contribution in [0.15, 0.2) is 24.3 Å². The van der Waals surface area contributed by atoms with Gasteiger partial charge in [-0.1, -0.05) is 18.2 Å². The van der Waals surface area contributed by atoms with Crippen molar-refractivity contribution in [2.75, 3.05) is 30.8 Å². The predicted octanol–water partition coefficient (Wildman–Crippen LogP) is 0.873. The minimum absolute atomic E-state index is 0.112. The minimum Gasteiger partial charge on any atom is -0.481 e. The van der Waals surface area contributed by atoms with E-state index in [1.165, 1.54) is 10.6 Å². The number of para-hydroxylation sites is 1. The molecule has 1 aromatic rings. The summed E-state index contributed by atoms with van der Waals surface area (Å²) in [5.41, 5.74) is 1.31. The maximum absolute atomic E-state index is 12.9. The molecule has 1 amide bonds. The lowest BCUT2D eigenvalue weighted by Gasteiger charge is -2.32. The number of anilines is 1. The molecule has 8 heteroatoms. The van der Waals surface area contributed by atoms with Crippen LogP contribution in [0.1, 0.15) is 24.3 Å². The molecule has 130 valence electrons. The van der Waals surface area contributed by atoms with E-state index in [-0.39, 0.29) is 18.4 Å². The summed E-state index contributed by atoms with van der Waals surface area (Å²) in [5.74, 6) is -2.03. The molecule has 1 atom stereocenters. The summed E-state index contributed by atoms with van der Waals surface area (Å²) in [6.07, 6.45) is 2.09. The van der Waals surface area contributed by atoms with Gasteiger partial charge in [-0.05, 0) is 24.5 Å². The summed E-state index contributed by atoms with van der Waals surface area (Å²) in [5, 5.41) is 9.38. The molecular weight excluding hydrogens is 332 g/mol. The Morgan fingerprint density at radius 3 is 2.38 bits per heavy atom. The second-order valence-corrected chi connectivity index (χ2v) is 8.32. The van der Waals surface area contributed by atoms with Crippen LogP contribution >= 0.6 is 0 Å². The Morgan fingerprint density at radius 2 is 1.79 bits per heavy atom. The number of piperidine rings is 1. The van der Waals surface area contributed by atoms with Crippen molar-refractivity contribution in [1.82, 2.24) is 4.31 Å². The SMILES string of the molecule is CS(=O)(=O)N1CCC(C(=O)N2CC(C(=O)O)c3ccccc32)CC1. The Bertz CT molecular complexity index is 768. The third-order valence-electron chi connectivity index (χ3n) is 4.80. The molecule has 1 fully saturated rings. The molecular formula is C16H20N2O5S. The fourth-order valence-electron chi connectivity index (χ4n) is 3.48. The van der Waals surface area contributed by atoms with Gasteiger partial charge in [0.05, 0.1) is 6.26 Å². The van der Waals surface area contributed by atoms with E-state index in [0.29, 0.717) is 37.2 Å². The van der Waals surface area contributed by atoms with Crippen LogP contribution in [0.2, 0.25) is 0 Å². The Labute approximate surface area is 140 Å². The number of benzene rings is 1. The molecule has 0 aliphatic carbocycles. The third-order valence-corrected chi connectivity index (χ3v) is 6.11. The number of carboxylic acids is 1. The number of hydrogen-bond acceptors (Lipinski definition) is 4. The number of amides is 1. The van der Waals surface area contributed by atoms with E-state index in [1.807, 2.05) is 0 Å². The summed E-state index contributed by atoms with van der Waals surface area (Å²) in [4.78, 5) is 25.9. The van der Waals surface area contributed by atoms with Gasteiger partial charge >= 0.3 is 5.97 Å². The number of carbonyl (C=O) groups excluding carboxylic acids is 1. The van der Waals surface area contributed by atoms with Crippen LogP contribution in [0, 0.1) is 5.92 Å². The molecule has 0 saturated carbocycles. The first kappa shape index (κ1) is 16.9. The standard InChI is InChI=1S/C16H20N2O5S/c1-24(22,23)17-8-6-11(7-9-17)15(19)18-10-13(16(20)21)12-4-2-3-5-14(12)18/h2-5,11,13H,6-10H2,1H3,(H,20,21). The fourth-order valence-corrected chi connectivity index (χ4v) is 4.36. The van der Waals surface area contributed by atoms with Crippen LogP contribution in [-0.2, 0) is 19.6 Å². The monoisotopic (exact) mass is 352 g/mol. The number of rotatable bonds is 3. The Hall–Kier alpha value is -1.93. The van der Waals surface area contributed by atoms with E-state index < -0.39 is 21.9 Å². The highest BCUT2D eigenvalue weighted by atomic mass is 32.2. The minimum atomic E-state index is -3.23. The first-order valence-electron chi connectivity index (χ1n) is 7.87. The van der Waals surface area contributed by atoms with Gasteiger partial charge in [-0.2, -0.15) is 0 Å². The van der Waals surface area contributed by atoms with Gasteiger partial charge in [-0.25, -0.2) is 12.7 Å². The van der Waals surface area contributed by atoms with Crippen molar-refractivity contribution in [1.29, 1.82) is 0 Å². The van der Waals surface area contributed by atoms with Crippen molar-refractivity contribution in [3.8, 4) is 0 Å². The number of fused-ring (bicyclic) bond motifs is 1. The molecule has 1 N–H and O–H groups in total. The third kappa shape index (κ3) is 3.03. The average Bonchev–Trinajstić information content (AvgIpc) is 2.93. The highest BCUT2D eigenvalue weighted by Gasteiger charge is 2.39. The molecule has 0 radical (unpaired) electrons. The molecule has 7 nitrogen and oxygen atoms in total. The topological polar surface area (TPSA) is 95.0 Å². The highest BCUT2D eigenvalue weighted by molar-refractivity contribution is 7.88. The lowest BCUT2D eigenvalue weighted by atomic mass is 9.96. The summed E-state index contributed by atoms with van der Waals surface area (Å²) >= 11 is 0. The molecule has 0 spiro atoms. The van der Waals surface area contributed by atoms with E-state index >= 15 is 0 Å². The first-order chi connectivity index (χ1) is 11.3. The quantitative estimate of drug-likeness (QED) is 0.871. The number of carboxylic acid groups (broad SMARTS) is 1. The molecule has 0 aromatic heterocycles. The van der Waals surface area contributed by atoms with Crippen LogP contribution in [0.25, 0.3) is 0 Å². The van der Waals surface area contributed by atoms with Gasteiger partial charge in [-0.3, -0.25) is 9.59 Å². The lowest BCUT2D eigenvalue weighted by molar-refractivity contribution is -0.138. The lowest BCUT2D eigenvalue weighted by Crippen LogP contribution is -2.44. The largest absolute Gasteiger partial charge is 0.481 e. The zero-order valence-electron chi connectivity index (χ0n) is 13.4. The summed E-state index contributed by atoms with van der Waals surface area (Å²) in [6, 6.07) is 7.07. The molecule has 1 aromatic carbocycles.